The molecule has 0 unspecified atom stereocenters. The largest absolute Gasteiger partial charge is 0.465 e. The number of carbonyl (C=O) groups is 1. The molecule has 2 saturated heterocycles. The van der Waals surface area contributed by atoms with E-state index in [1.165, 1.54) is 45.2 Å². The SMILES string of the molecule is C\C=C/C=C\C=C\Oc1ccc(C(=O)NCCN2CCC(N3CCCCC3)CC2)cc1. The van der Waals surface area contributed by atoms with Crippen LogP contribution >= 0.6 is 0 Å². The van der Waals surface area contributed by atoms with Crippen molar-refractivity contribution in [1.82, 2.24) is 15.1 Å². The number of benzene rings is 1. The van der Waals surface area contributed by atoms with Crippen LogP contribution in [0.4, 0.5) is 0 Å². The zero-order chi connectivity index (χ0) is 21.7. The number of piperidine rings is 2. The number of ether oxygens (including phenoxy) is 1. The molecule has 1 N–H and O–H groups in total. The van der Waals surface area contributed by atoms with Gasteiger partial charge >= 0.3 is 0 Å². The molecule has 0 saturated carbocycles. The molecule has 0 aromatic heterocycles. The van der Waals surface area contributed by atoms with Gasteiger partial charge in [-0.2, -0.15) is 0 Å². The Labute approximate surface area is 187 Å². The van der Waals surface area contributed by atoms with Gasteiger partial charge in [-0.05, 0) is 89.1 Å². The summed E-state index contributed by atoms with van der Waals surface area (Å²) in [7, 11) is 0. The van der Waals surface area contributed by atoms with E-state index < -0.39 is 0 Å². The maximum atomic E-state index is 12.4. The lowest BCUT2D eigenvalue weighted by molar-refractivity contribution is 0.0881. The molecule has 31 heavy (non-hydrogen) atoms. The van der Waals surface area contributed by atoms with E-state index >= 15 is 0 Å². The second-order valence-electron chi connectivity index (χ2n) is 8.31. The molecule has 0 aliphatic carbocycles. The fraction of sp³-hybridized carbons (Fsp3) is 0.500. The van der Waals surface area contributed by atoms with Gasteiger partial charge in [0.25, 0.3) is 5.91 Å². The minimum absolute atomic E-state index is 0.0282. The van der Waals surface area contributed by atoms with Crippen LogP contribution in [0.15, 0.2) is 60.9 Å². The highest BCUT2D eigenvalue weighted by atomic mass is 16.5. The molecule has 5 heteroatoms. The van der Waals surface area contributed by atoms with Gasteiger partial charge in [0.1, 0.15) is 5.75 Å². The van der Waals surface area contributed by atoms with E-state index in [0.29, 0.717) is 17.9 Å². The average molecular weight is 424 g/mol. The van der Waals surface area contributed by atoms with Crippen LogP contribution in [-0.2, 0) is 0 Å². The summed E-state index contributed by atoms with van der Waals surface area (Å²) in [5.74, 6) is 0.684. The number of hydrogen-bond donors (Lipinski definition) is 1. The Balaban J connectivity index is 1.32. The molecule has 2 aliphatic rings. The summed E-state index contributed by atoms with van der Waals surface area (Å²) in [5, 5.41) is 3.05. The third-order valence-corrected chi connectivity index (χ3v) is 6.10. The van der Waals surface area contributed by atoms with E-state index in [2.05, 4.69) is 15.1 Å². The van der Waals surface area contributed by atoms with Crippen molar-refractivity contribution >= 4 is 5.91 Å². The topological polar surface area (TPSA) is 44.8 Å². The maximum absolute atomic E-state index is 12.4. The monoisotopic (exact) mass is 423 g/mol. The van der Waals surface area contributed by atoms with Crippen molar-refractivity contribution in [2.24, 2.45) is 0 Å². The Morgan fingerprint density at radius 3 is 2.42 bits per heavy atom. The average Bonchev–Trinajstić information content (AvgIpc) is 2.82. The number of amides is 1. The smallest absolute Gasteiger partial charge is 0.251 e. The summed E-state index contributed by atoms with van der Waals surface area (Å²) in [5.41, 5.74) is 0.660. The predicted molar refractivity (Wildman–Crippen MR) is 127 cm³/mol. The highest BCUT2D eigenvalue weighted by Crippen LogP contribution is 2.20. The molecule has 0 atom stereocenters. The fourth-order valence-corrected chi connectivity index (χ4v) is 4.31. The molecular weight excluding hydrogens is 386 g/mol. The molecular formula is C26H37N3O2. The lowest BCUT2D eigenvalue weighted by Gasteiger charge is -2.40. The highest BCUT2D eigenvalue weighted by Gasteiger charge is 2.25. The van der Waals surface area contributed by atoms with E-state index in [4.69, 9.17) is 4.74 Å². The lowest BCUT2D eigenvalue weighted by Crippen LogP contribution is -2.48. The van der Waals surface area contributed by atoms with Gasteiger partial charge < -0.3 is 19.9 Å². The number of allylic oxidation sites excluding steroid dienone is 5. The standard InChI is InChI=1S/C26H37N3O2/c1-2-3-4-5-9-22-31-25-12-10-23(11-13-25)26(30)27-16-21-28-19-14-24(15-20-28)29-17-7-6-8-18-29/h2-5,9-13,22,24H,6-8,14-21H2,1H3,(H,27,30)/b3-2-,5-4-,22-9+. The third kappa shape index (κ3) is 8.00. The minimum Gasteiger partial charge on any atom is -0.465 e. The van der Waals surface area contributed by atoms with E-state index in [1.807, 2.05) is 49.4 Å². The third-order valence-electron chi connectivity index (χ3n) is 6.10. The van der Waals surface area contributed by atoms with Crippen LogP contribution in [0.2, 0.25) is 0 Å². The number of carbonyl (C=O) groups excluding carboxylic acids is 1. The molecule has 0 bridgehead atoms. The fourth-order valence-electron chi connectivity index (χ4n) is 4.31. The molecule has 3 rings (SSSR count). The number of hydrogen-bond acceptors (Lipinski definition) is 4. The van der Waals surface area contributed by atoms with Crippen molar-refractivity contribution in [2.75, 3.05) is 39.3 Å². The lowest BCUT2D eigenvalue weighted by atomic mass is 10.00. The first-order valence-electron chi connectivity index (χ1n) is 11.7. The van der Waals surface area contributed by atoms with E-state index in [1.54, 1.807) is 18.4 Å². The van der Waals surface area contributed by atoms with E-state index in [-0.39, 0.29) is 5.91 Å². The summed E-state index contributed by atoms with van der Waals surface area (Å²) in [6.45, 7) is 8.43. The predicted octanol–water partition coefficient (Wildman–Crippen LogP) is 4.39. The first-order chi connectivity index (χ1) is 15.3. The van der Waals surface area contributed by atoms with Gasteiger partial charge in [0, 0.05) is 24.7 Å². The summed E-state index contributed by atoms with van der Waals surface area (Å²) < 4.78 is 5.54. The van der Waals surface area contributed by atoms with Gasteiger partial charge in [0.05, 0.1) is 6.26 Å². The second-order valence-corrected chi connectivity index (χ2v) is 8.31. The van der Waals surface area contributed by atoms with Gasteiger partial charge in [0.15, 0.2) is 0 Å². The Bertz CT molecular complexity index is 740. The molecule has 2 heterocycles. The quantitative estimate of drug-likeness (QED) is 0.473. The number of likely N-dealkylation sites (tertiary alicyclic amines) is 2. The molecule has 1 aromatic rings. The van der Waals surface area contributed by atoms with Crippen molar-refractivity contribution in [3.8, 4) is 5.75 Å². The van der Waals surface area contributed by atoms with Crippen molar-refractivity contribution in [3.05, 3.63) is 66.5 Å². The van der Waals surface area contributed by atoms with Crippen LogP contribution in [-0.4, -0.2) is 61.0 Å². The van der Waals surface area contributed by atoms with Gasteiger partial charge in [-0.1, -0.05) is 30.7 Å². The molecule has 168 valence electrons. The van der Waals surface area contributed by atoms with Crippen LogP contribution in [0.3, 0.4) is 0 Å². The number of nitrogens with one attached hydrogen (secondary N) is 1. The summed E-state index contributed by atoms with van der Waals surface area (Å²) in [4.78, 5) is 17.6. The zero-order valence-electron chi connectivity index (χ0n) is 18.8. The van der Waals surface area contributed by atoms with Gasteiger partial charge in [-0.15, -0.1) is 0 Å². The molecule has 2 aliphatic heterocycles. The molecule has 1 amide bonds. The van der Waals surface area contributed by atoms with Gasteiger partial charge in [0.2, 0.25) is 0 Å². The van der Waals surface area contributed by atoms with Crippen LogP contribution in [0.5, 0.6) is 5.75 Å². The first kappa shape index (κ1) is 23.3. The summed E-state index contributed by atoms with van der Waals surface area (Å²) in [6, 6.07) is 8.02. The minimum atomic E-state index is -0.0282. The highest BCUT2D eigenvalue weighted by molar-refractivity contribution is 5.94. The van der Waals surface area contributed by atoms with Crippen molar-refractivity contribution in [1.29, 1.82) is 0 Å². The number of rotatable bonds is 9. The maximum Gasteiger partial charge on any atom is 0.251 e. The van der Waals surface area contributed by atoms with E-state index in [0.717, 1.165) is 25.7 Å². The van der Waals surface area contributed by atoms with Crippen LogP contribution in [0, 0.1) is 0 Å². The van der Waals surface area contributed by atoms with Crippen LogP contribution in [0.25, 0.3) is 0 Å². The first-order valence-corrected chi connectivity index (χ1v) is 11.7. The Morgan fingerprint density at radius 1 is 1.00 bits per heavy atom. The molecule has 5 nitrogen and oxygen atoms in total. The van der Waals surface area contributed by atoms with E-state index in [9.17, 15) is 4.79 Å². The summed E-state index contributed by atoms with van der Waals surface area (Å²) in [6.07, 6.45) is 17.9. The normalized spacial score (nSPS) is 19.5. The Morgan fingerprint density at radius 2 is 1.71 bits per heavy atom. The zero-order valence-corrected chi connectivity index (χ0v) is 18.8. The molecule has 0 spiro atoms. The van der Waals surface area contributed by atoms with Crippen LogP contribution in [0.1, 0.15) is 49.4 Å². The number of nitrogens with zero attached hydrogens (tertiary/aromatic N) is 2. The van der Waals surface area contributed by atoms with Gasteiger partial charge in [-0.3, -0.25) is 4.79 Å². The second kappa shape index (κ2) is 13.1. The molecule has 2 fully saturated rings. The van der Waals surface area contributed by atoms with Crippen molar-refractivity contribution in [2.45, 2.75) is 45.1 Å². The molecule has 0 radical (unpaired) electrons. The van der Waals surface area contributed by atoms with Crippen molar-refractivity contribution < 1.29 is 9.53 Å². The summed E-state index contributed by atoms with van der Waals surface area (Å²) >= 11 is 0. The van der Waals surface area contributed by atoms with Crippen LogP contribution < -0.4 is 10.1 Å². The van der Waals surface area contributed by atoms with Gasteiger partial charge in [-0.25, -0.2) is 0 Å². The molecule has 1 aromatic carbocycles. The Hall–Kier alpha value is -2.37. The Kier molecular flexibility index (Phi) is 9.87. The van der Waals surface area contributed by atoms with Crippen molar-refractivity contribution in [3.63, 3.8) is 0 Å².